The summed E-state index contributed by atoms with van der Waals surface area (Å²) in [5, 5.41) is 11.8. The smallest absolute Gasteiger partial charge is 0.228 e. The third kappa shape index (κ3) is 6.39. The predicted octanol–water partition coefficient (Wildman–Crippen LogP) is 8.59. The molecule has 0 atom stereocenters. The molecule has 9 nitrogen and oxygen atoms in total. The lowest BCUT2D eigenvalue weighted by Gasteiger charge is -2.25. The van der Waals surface area contributed by atoms with Crippen LogP contribution in [0.2, 0.25) is 0 Å². The fraction of sp³-hybridized carbons (Fsp3) is 0.125. The van der Waals surface area contributed by atoms with E-state index >= 15 is 0 Å². The normalized spacial score (nSPS) is 13.1. The second-order valence-corrected chi connectivity index (χ2v) is 12.0. The number of fused-ring (bicyclic) bond motifs is 1. The second-order valence-electron chi connectivity index (χ2n) is 12.0. The van der Waals surface area contributed by atoms with Gasteiger partial charge in [0.2, 0.25) is 11.8 Å². The number of likely N-dealkylation sites (tertiary alicyclic amines) is 1. The molecule has 1 fully saturated rings. The second kappa shape index (κ2) is 13.5. The first-order chi connectivity index (χ1) is 24.2. The molecule has 3 aromatic heterocycles. The minimum atomic E-state index is 0.187. The van der Waals surface area contributed by atoms with Gasteiger partial charge in [0, 0.05) is 46.6 Å². The Morgan fingerprint density at radius 2 is 1.41 bits per heavy atom. The third-order valence-corrected chi connectivity index (χ3v) is 8.76. The highest BCUT2D eigenvalue weighted by atomic mass is 16.5. The van der Waals surface area contributed by atoms with Crippen LogP contribution < -0.4 is 15.4 Å². The zero-order valence-electron chi connectivity index (χ0n) is 26.9. The minimum Gasteiger partial charge on any atom is -0.438 e. The molecule has 4 aromatic carbocycles. The van der Waals surface area contributed by atoms with Gasteiger partial charge in [-0.2, -0.15) is 0 Å². The molecule has 8 rings (SSSR count). The topological polar surface area (TPSA) is 106 Å². The molecular formula is C40H34N8O. The van der Waals surface area contributed by atoms with Crippen molar-refractivity contribution in [3.05, 3.63) is 139 Å². The third-order valence-electron chi connectivity index (χ3n) is 8.76. The van der Waals surface area contributed by atoms with E-state index in [1.54, 1.807) is 18.5 Å². The van der Waals surface area contributed by atoms with Crippen molar-refractivity contribution in [3.8, 4) is 34.1 Å². The number of para-hydroxylation sites is 1. The molecule has 4 heterocycles. The molecule has 0 spiro atoms. The van der Waals surface area contributed by atoms with E-state index in [2.05, 4.69) is 79.3 Å². The number of pyridine rings is 1. The summed E-state index contributed by atoms with van der Waals surface area (Å²) in [5.41, 5.74) is 12.3. The SMILES string of the molecule is Nc1nccc(-c2cccnc2Oc2ccc(N(c3ccccc3)c3nnc(-c4ccc(CN5CCCC5)cc4)c4ccccc34)cc2)n1. The first kappa shape index (κ1) is 30.2. The highest BCUT2D eigenvalue weighted by molar-refractivity contribution is 6.02. The Morgan fingerprint density at radius 3 is 2.18 bits per heavy atom. The number of nitrogens with two attached hydrogens (primary N) is 1. The van der Waals surface area contributed by atoms with Gasteiger partial charge in [-0.25, -0.2) is 15.0 Å². The number of nitrogens with zero attached hydrogens (tertiary/aromatic N) is 7. The number of benzene rings is 4. The summed E-state index contributed by atoms with van der Waals surface area (Å²) in [6.45, 7) is 3.35. The molecule has 0 unspecified atom stereocenters. The van der Waals surface area contributed by atoms with E-state index in [0.717, 1.165) is 51.3 Å². The summed E-state index contributed by atoms with van der Waals surface area (Å²) in [4.78, 5) is 17.5. The van der Waals surface area contributed by atoms with Crippen molar-refractivity contribution in [2.75, 3.05) is 23.7 Å². The van der Waals surface area contributed by atoms with Crippen molar-refractivity contribution in [1.82, 2.24) is 30.0 Å². The first-order valence-corrected chi connectivity index (χ1v) is 16.4. The van der Waals surface area contributed by atoms with Crippen molar-refractivity contribution < 1.29 is 4.74 Å². The average Bonchev–Trinajstić information content (AvgIpc) is 3.67. The van der Waals surface area contributed by atoms with E-state index in [-0.39, 0.29) is 5.95 Å². The molecular weight excluding hydrogens is 608 g/mol. The van der Waals surface area contributed by atoms with Gasteiger partial charge in [0.25, 0.3) is 0 Å². The number of aromatic nitrogens is 5. The number of nitrogen functional groups attached to an aromatic ring is 1. The number of hydrogen-bond acceptors (Lipinski definition) is 9. The lowest BCUT2D eigenvalue weighted by Crippen LogP contribution is -2.18. The molecule has 0 saturated carbocycles. The van der Waals surface area contributed by atoms with Gasteiger partial charge in [-0.1, -0.05) is 66.7 Å². The largest absolute Gasteiger partial charge is 0.438 e. The van der Waals surface area contributed by atoms with Crippen LogP contribution in [0.3, 0.4) is 0 Å². The zero-order chi connectivity index (χ0) is 33.0. The molecule has 49 heavy (non-hydrogen) atoms. The van der Waals surface area contributed by atoms with E-state index < -0.39 is 0 Å². The summed E-state index contributed by atoms with van der Waals surface area (Å²) in [6, 6.07) is 40.7. The summed E-state index contributed by atoms with van der Waals surface area (Å²) in [7, 11) is 0. The minimum absolute atomic E-state index is 0.187. The number of rotatable bonds is 9. The van der Waals surface area contributed by atoms with Crippen molar-refractivity contribution in [1.29, 1.82) is 0 Å². The fourth-order valence-electron chi connectivity index (χ4n) is 6.37. The van der Waals surface area contributed by atoms with Crippen molar-refractivity contribution in [2.24, 2.45) is 0 Å². The van der Waals surface area contributed by atoms with Crippen molar-refractivity contribution in [2.45, 2.75) is 19.4 Å². The first-order valence-electron chi connectivity index (χ1n) is 16.4. The Kier molecular flexibility index (Phi) is 8.31. The van der Waals surface area contributed by atoms with Crippen LogP contribution in [0, 0.1) is 0 Å². The van der Waals surface area contributed by atoms with Crippen LogP contribution in [0.15, 0.2) is 134 Å². The van der Waals surface area contributed by atoms with Crippen LogP contribution in [0.25, 0.3) is 33.3 Å². The molecule has 2 N–H and O–H groups in total. The molecule has 1 aliphatic heterocycles. The van der Waals surface area contributed by atoms with Crippen LogP contribution in [-0.2, 0) is 6.54 Å². The van der Waals surface area contributed by atoms with Crippen LogP contribution >= 0.6 is 0 Å². The summed E-state index contributed by atoms with van der Waals surface area (Å²) in [5.74, 6) is 1.97. The van der Waals surface area contributed by atoms with E-state index in [0.29, 0.717) is 17.3 Å². The van der Waals surface area contributed by atoms with Crippen molar-refractivity contribution >= 4 is 33.9 Å². The quantitative estimate of drug-likeness (QED) is 0.166. The fourth-order valence-corrected chi connectivity index (χ4v) is 6.37. The van der Waals surface area contributed by atoms with Crippen LogP contribution in [0.1, 0.15) is 18.4 Å². The maximum atomic E-state index is 6.27. The molecule has 0 radical (unpaired) electrons. The number of ether oxygens (including phenoxy) is 1. The molecule has 1 saturated heterocycles. The maximum Gasteiger partial charge on any atom is 0.228 e. The number of hydrogen-bond donors (Lipinski definition) is 1. The summed E-state index contributed by atoms with van der Waals surface area (Å²) < 4.78 is 6.27. The zero-order valence-corrected chi connectivity index (χ0v) is 26.9. The molecule has 7 aromatic rings. The van der Waals surface area contributed by atoms with Gasteiger partial charge in [0.1, 0.15) is 11.4 Å². The molecule has 240 valence electrons. The van der Waals surface area contributed by atoms with E-state index in [4.69, 9.17) is 20.7 Å². The Balaban J connectivity index is 1.13. The van der Waals surface area contributed by atoms with Crippen LogP contribution in [-0.4, -0.2) is 43.1 Å². The lowest BCUT2D eigenvalue weighted by molar-refractivity contribution is 0.331. The van der Waals surface area contributed by atoms with Gasteiger partial charge in [-0.05, 0) is 86.1 Å². The summed E-state index contributed by atoms with van der Waals surface area (Å²) >= 11 is 0. The van der Waals surface area contributed by atoms with Crippen molar-refractivity contribution in [3.63, 3.8) is 0 Å². The Morgan fingerprint density at radius 1 is 0.673 bits per heavy atom. The van der Waals surface area contributed by atoms with E-state index in [1.807, 2.05) is 60.7 Å². The van der Waals surface area contributed by atoms with Gasteiger partial charge < -0.3 is 10.5 Å². The summed E-state index contributed by atoms with van der Waals surface area (Å²) in [6.07, 6.45) is 5.88. The monoisotopic (exact) mass is 642 g/mol. The van der Waals surface area contributed by atoms with Gasteiger partial charge in [0.05, 0.1) is 11.3 Å². The molecule has 0 bridgehead atoms. The van der Waals surface area contributed by atoms with E-state index in [1.165, 1.54) is 31.5 Å². The molecule has 0 amide bonds. The maximum absolute atomic E-state index is 6.27. The Labute approximate surface area is 284 Å². The van der Waals surface area contributed by atoms with Gasteiger partial charge >= 0.3 is 0 Å². The van der Waals surface area contributed by atoms with Crippen LogP contribution in [0.4, 0.5) is 23.1 Å². The average molecular weight is 643 g/mol. The highest BCUT2D eigenvalue weighted by Gasteiger charge is 2.20. The van der Waals surface area contributed by atoms with Gasteiger partial charge in [0.15, 0.2) is 5.82 Å². The Hall–Kier alpha value is -6.19. The highest BCUT2D eigenvalue weighted by Crippen LogP contribution is 2.40. The van der Waals surface area contributed by atoms with Crippen LogP contribution in [0.5, 0.6) is 11.6 Å². The molecule has 9 heteroatoms. The standard InChI is InChI=1S/C40H34N8O/c41-40-43-24-22-36(44-40)35-13-8-23-42-39(35)49-32-20-18-31(19-21-32)48(30-9-2-1-3-10-30)38-34-12-5-4-11-33(34)37(45-46-38)29-16-14-28(15-17-29)27-47-25-6-7-26-47/h1-5,8-24H,6-7,25-27H2,(H2,41,43,44). The van der Waals surface area contributed by atoms with Gasteiger partial charge in [-0.3, -0.25) is 9.80 Å². The van der Waals surface area contributed by atoms with Gasteiger partial charge in [-0.15, -0.1) is 10.2 Å². The van der Waals surface area contributed by atoms with E-state index in [9.17, 15) is 0 Å². The molecule has 1 aliphatic rings. The molecule has 0 aliphatic carbocycles. The Bertz CT molecular complexity index is 2200. The number of anilines is 4. The predicted molar refractivity (Wildman–Crippen MR) is 194 cm³/mol. The lowest BCUT2D eigenvalue weighted by atomic mass is 10.0.